The predicted octanol–water partition coefficient (Wildman–Crippen LogP) is 3.48. The van der Waals surface area contributed by atoms with Gasteiger partial charge in [-0.15, -0.1) is 11.6 Å². The molecule has 1 unspecified atom stereocenters. The van der Waals surface area contributed by atoms with Crippen molar-refractivity contribution in [1.29, 1.82) is 0 Å². The van der Waals surface area contributed by atoms with Crippen LogP contribution >= 0.6 is 11.6 Å². The molecule has 0 aliphatic carbocycles. The van der Waals surface area contributed by atoms with Crippen LogP contribution in [-0.4, -0.2) is 24.4 Å². The molecule has 0 bridgehead atoms. The molecule has 2 aromatic rings. The maximum Gasteiger partial charge on any atom is 0.237 e. The normalized spacial score (nSPS) is 11.7. The van der Waals surface area contributed by atoms with Crippen LogP contribution in [0.5, 0.6) is 5.75 Å². The van der Waals surface area contributed by atoms with Gasteiger partial charge in [0.25, 0.3) is 0 Å². The highest BCUT2D eigenvalue weighted by Crippen LogP contribution is 2.29. The molecule has 110 valence electrons. The Balaban J connectivity index is 1.97. The molecule has 0 aromatic heterocycles. The predicted molar refractivity (Wildman–Crippen MR) is 85.7 cm³/mol. The van der Waals surface area contributed by atoms with E-state index in [2.05, 4.69) is 5.32 Å². The fraction of sp³-hybridized carbons (Fsp3) is 0.235. The molecule has 4 heteroatoms. The Kier molecular flexibility index (Phi) is 5.64. The summed E-state index contributed by atoms with van der Waals surface area (Å²) in [6.45, 7) is 2.47. The van der Waals surface area contributed by atoms with Gasteiger partial charge in [0, 0.05) is 5.56 Å². The second-order valence-corrected chi connectivity index (χ2v) is 5.27. The van der Waals surface area contributed by atoms with E-state index in [1.165, 1.54) is 0 Å². The van der Waals surface area contributed by atoms with E-state index < -0.39 is 5.38 Å². The summed E-state index contributed by atoms with van der Waals surface area (Å²) in [5.41, 5.74) is 2.14. The van der Waals surface area contributed by atoms with Gasteiger partial charge >= 0.3 is 0 Å². The minimum absolute atomic E-state index is 0.184. The fourth-order valence-electron chi connectivity index (χ4n) is 1.92. The molecule has 0 fully saturated rings. The molecule has 0 aliphatic heterocycles. The Morgan fingerprint density at radius 2 is 1.81 bits per heavy atom. The van der Waals surface area contributed by atoms with Gasteiger partial charge in [0.15, 0.2) is 0 Å². The molecule has 3 nitrogen and oxygen atoms in total. The summed E-state index contributed by atoms with van der Waals surface area (Å²) in [6, 6.07) is 17.9. The smallest absolute Gasteiger partial charge is 0.237 e. The summed E-state index contributed by atoms with van der Waals surface area (Å²) in [6.07, 6.45) is 0. The first-order valence-electron chi connectivity index (χ1n) is 6.87. The second kappa shape index (κ2) is 7.70. The van der Waals surface area contributed by atoms with Crippen molar-refractivity contribution in [2.24, 2.45) is 0 Å². The first-order chi connectivity index (χ1) is 10.2. The highest BCUT2D eigenvalue weighted by Gasteiger charge is 2.08. The number of ether oxygens (including phenoxy) is 1. The highest BCUT2D eigenvalue weighted by molar-refractivity contribution is 6.30. The molecule has 0 radical (unpaired) electrons. The maximum atomic E-state index is 11.3. The lowest BCUT2D eigenvalue weighted by atomic mass is 10.1. The van der Waals surface area contributed by atoms with Crippen LogP contribution in [0.15, 0.2) is 54.6 Å². The van der Waals surface area contributed by atoms with Crippen molar-refractivity contribution in [3.8, 4) is 16.9 Å². The van der Waals surface area contributed by atoms with E-state index in [-0.39, 0.29) is 5.91 Å². The number of nitrogens with one attached hydrogen (secondary N) is 1. The number of benzene rings is 2. The Hall–Kier alpha value is -2.00. The third-order valence-corrected chi connectivity index (χ3v) is 3.19. The highest BCUT2D eigenvalue weighted by atomic mass is 35.5. The first-order valence-corrected chi connectivity index (χ1v) is 7.31. The lowest BCUT2D eigenvalue weighted by Gasteiger charge is -2.12. The number of hydrogen-bond acceptors (Lipinski definition) is 2. The van der Waals surface area contributed by atoms with E-state index in [1.54, 1.807) is 6.92 Å². The lowest BCUT2D eigenvalue weighted by molar-refractivity contribution is -0.120. The number of alkyl halides is 1. The Bertz CT molecular complexity index is 584. The van der Waals surface area contributed by atoms with Gasteiger partial charge in [0.1, 0.15) is 17.7 Å². The lowest BCUT2D eigenvalue weighted by Crippen LogP contribution is -2.32. The molecule has 2 aromatic carbocycles. The van der Waals surface area contributed by atoms with E-state index in [4.69, 9.17) is 16.3 Å². The van der Waals surface area contributed by atoms with Gasteiger partial charge in [-0.05, 0) is 18.6 Å². The van der Waals surface area contributed by atoms with Crippen LogP contribution < -0.4 is 10.1 Å². The van der Waals surface area contributed by atoms with Crippen molar-refractivity contribution in [3.63, 3.8) is 0 Å². The van der Waals surface area contributed by atoms with Gasteiger partial charge in [-0.3, -0.25) is 4.79 Å². The molecule has 0 saturated carbocycles. The first kappa shape index (κ1) is 15.4. The standard InChI is InChI=1S/C17H18ClNO2/c1-13(18)17(20)19-11-12-21-16-10-6-5-9-15(16)14-7-3-2-4-8-14/h2-10,13H,11-12H2,1H3,(H,19,20). The zero-order valence-corrected chi connectivity index (χ0v) is 12.6. The van der Waals surface area contributed by atoms with E-state index >= 15 is 0 Å². The van der Waals surface area contributed by atoms with E-state index in [0.29, 0.717) is 13.2 Å². The van der Waals surface area contributed by atoms with E-state index in [1.807, 2.05) is 54.6 Å². The summed E-state index contributed by atoms with van der Waals surface area (Å²) in [5, 5.41) is 2.19. The van der Waals surface area contributed by atoms with Crippen molar-refractivity contribution >= 4 is 17.5 Å². The molecule has 1 amide bonds. The third-order valence-electron chi connectivity index (χ3n) is 2.99. The van der Waals surface area contributed by atoms with Crippen molar-refractivity contribution in [2.45, 2.75) is 12.3 Å². The number of para-hydroxylation sites is 1. The Labute approximate surface area is 129 Å². The summed E-state index contributed by atoms with van der Waals surface area (Å²) in [4.78, 5) is 11.3. The monoisotopic (exact) mass is 303 g/mol. The molecular formula is C17H18ClNO2. The third kappa shape index (κ3) is 4.50. The van der Waals surface area contributed by atoms with Gasteiger partial charge in [-0.25, -0.2) is 0 Å². The van der Waals surface area contributed by atoms with Crippen molar-refractivity contribution in [1.82, 2.24) is 5.32 Å². The maximum absolute atomic E-state index is 11.3. The quantitative estimate of drug-likeness (QED) is 0.655. The van der Waals surface area contributed by atoms with E-state index in [9.17, 15) is 4.79 Å². The van der Waals surface area contributed by atoms with Gasteiger partial charge in [0.05, 0.1) is 6.54 Å². The molecule has 2 rings (SSSR count). The largest absolute Gasteiger partial charge is 0.491 e. The topological polar surface area (TPSA) is 38.3 Å². The molecule has 0 spiro atoms. The minimum Gasteiger partial charge on any atom is -0.491 e. The molecule has 1 N–H and O–H groups in total. The number of rotatable bonds is 6. The van der Waals surface area contributed by atoms with Crippen LogP contribution in [-0.2, 0) is 4.79 Å². The summed E-state index contributed by atoms with van der Waals surface area (Å²) >= 11 is 5.68. The van der Waals surface area contributed by atoms with Crippen molar-refractivity contribution < 1.29 is 9.53 Å². The summed E-state index contributed by atoms with van der Waals surface area (Å²) in [7, 11) is 0. The van der Waals surface area contributed by atoms with Crippen LogP contribution in [0.3, 0.4) is 0 Å². The number of hydrogen-bond donors (Lipinski definition) is 1. The summed E-state index contributed by atoms with van der Waals surface area (Å²) in [5.74, 6) is 0.619. The van der Waals surface area contributed by atoms with Gasteiger partial charge in [0.2, 0.25) is 5.91 Å². The minimum atomic E-state index is -0.526. The van der Waals surface area contributed by atoms with Gasteiger partial charge in [-0.2, -0.15) is 0 Å². The SMILES string of the molecule is CC(Cl)C(=O)NCCOc1ccccc1-c1ccccc1. The molecule has 1 atom stereocenters. The number of carbonyl (C=O) groups is 1. The molecule has 0 heterocycles. The zero-order chi connectivity index (χ0) is 15.1. The van der Waals surface area contributed by atoms with Crippen LogP contribution in [0, 0.1) is 0 Å². The zero-order valence-electron chi connectivity index (χ0n) is 11.9. The molecule has 0 aliphatic rings. The van der Waals surface area contributed by atoms with Crippen LogP contribution in [0.1, 0.15) is 6.92 Å². The van der Waals surface area contributed by atoms with E-state index in [0.717, 1.165) is 16.9 Å². The van der Waals surface area contributed by atoms with Crippen LogP contribution in [0.2, 0.25) is 0 Å². The van der Waals surface area contributed by atoms with Crippen molar-refractivity contribution in [3.05, 3.63) is 54.6 Å². The Morgan fingerprint density at radius 3 is 2.52 bits per heavy atom. The average molecular weight is 304 g/mol. The number of carbonyl (C=O) groups excluding carboxylic acids is 1. The fourth-order valence-corrected chi connectivity index (χ4v) is 2.00. The Morgan fingerprint density at radius 1 is 1.14 bits per heavy atom. The average Bonchev–Trinajstić information content (AvgIpc) is 2.52. The van der Waals surface area contributed by atoms with Gasteiger partial charge in [-0.1, -0.05) is 48.5 Å². The van der Waals surface area contributed by atoms with Crippen LogP contribution in [0.25, 0.3) is 11.1 Å². The van der Waals surface area contributed by atoms with Gasteiger partial charge < -0.3 is 10.1 Å². The summed E-state index contributed by atoms with van der Waals surface area (Å²) < 4.78 is 5.76. The molecule has 0 saturated heterocycles. The number of halogens is 1. The number of amides is 1. The van der Waals surface area contributed by atoms with Crippen molar-refractivity contribution in [2.75, 3.05) is 13.2 Å². The second-order valence-electron chi connectivity index (χ2n) is 4.62. The molecular weight excluding hydrogens is 286 g/mol. The molecule has 21 heavy (non-hydrogen) atoms. The van der Waals surface area contributed by atoms with Crippen LogP contribution in [0.4, 0.5) is 0 Å².